The van der Waals surface area contributed by atoms with Crippen molar-refractivity contribution in [1.29, 1.82) is 0 Å². The minimum absolute atomic E-state index is 0.514. The van der Waals surface area contributed by atoms with E-state index in [-0.39, 0.29) is 0 Å². The molecule has 0 radical (unpaired) electrons. The lowest BCUT2D eigenvalue weighted by Gasteiger charge is -2.05. The SMILES string of the molecule is CC(C)C.CC1CCCC1N. The van der Waals surface area contributed by atoms with Crippen molar-refractivity contribution < 1.29 is 0 Å². The fourth-order valence-electron chi connectivity index (χ4n) is 1.17. The van der Waals surface area contributed by atoms with Crippen molar-refractivity contribution >= 4 is 0 Å². The second kappa shape index (κ2) is 5.59. The zero-order valence-corrected chi connectivity index (χ0v) is 8.43. The van der Waals surface area contributed by atoms with Gasteiger partial charge in [0.05, 0.1) is 0 Å². The molecule has 0 aliphatic heterocycles. The Hall–Kier alpha value is -0.0400. The maximum absolute atomic E-state index is 5.68. The Balaban J connectivity index is 0.000000218. The molecule has 1 nitrogen and oxygen atoms in total. The molecule has 11 heavy (non-hydrogen) atoms. The predicted molar refractivity (Wildman–Crippen MR) is 51.5 cm³/mol. The molecule has 1 heteroatoms. The molecule has 1 fully saturated rings. The largest absolute Gasteiger partial charge is 0.327 e. The molecule has 2 N–H and O–H groups in total. The Labute approximate surface area is 71.4 Å². The average molecular weight is 157 g/mol. The standard InChI is InChI=1S/C6H13N.C4H10/c1-5-3-2-4-6(5)7;1-4(2)3/h5-6H,2-4,7H2,1H3;4H,1-3H3. The van der Waals surface area contributed by atoms with Gasteiger partial charge in [0.1, 0.15) is 0 Å². The average Bonchev–Trinajstić information content (AvgIpc) is 2.15. The van der Waals surface area contributed by atoms with E-state index in [0.717, 1.165) is 11.8 Å². The van der Waals surface area contributed by atoms with Crippen molar-refractivity contribution in [2.45, 2.75) is 53.0 Å². The van der Waals surface area contributed by atoms with Gasteiger partial charge >= 0.3 is 0 Å². The van der Waals surface area contributed by atoms with Crippen LogP contribution in [0.15, 0.2) is 0 Å². The first-order valence-corrected chi connectivity index (χ1v) is 4.79. The first kappa shape index (κ1) is 11.0. The van der Waals surface area contributed by atoms with Crippen LogP contribution >= 0.6 is 0 Å². The van der Waals surface area contributed by atoms with Gasteiger partial charge in [-0.05, 0) is 24.7 Å². The van der Waals surface area contributed by atoms with E-state index in [0.29, 0.717) is 6.04 Å². The summed E-state index contributed by atoms with van der Waals surface area (Å²) < 4.78 is 0. The highest BCUT2D eigenvalue weighted by Crippen LogP contribution is 2.22. The molecule has 0 saturated heterocycles. The van der Waals surface area contributed by atoms with Crippen LogP contribution in [0.4, 0.5) is 0 Å². The lowest BCUT2D eigenvalue weighted by atomic mass is 10.1. The number of nitrogens with two attached hydrogens (primary N) is 1. The molecular formula is C10H23N. The van der Waals surface area contributed by atoms with Crippen molar-refractivity contribution in [3.8, 4) is 0 Å². The molecule has 1 aliphatic carbocycles. The summed E-state index contributed by atoms with van der Waals surface area (Å²) in [5.41, 5.74) is 5.68. The third-order valence-electron chi connectivity index (χ3n) is 1.93. The van der Waals surface area contributed by atoms with Crippen LogP contribution in [0.2, 0.25) is 0 Å². The topological polar surface area (TPSA) is 26.0 Å². The highest BCUT2D eigenvalue weighted by molar-refractivity contribution is 4.75. The molecule has 1 aliphatic rings. The van der Waals surface area contributed by atoms with Crippen LogP contribution in [0.25, 0.3) is 0 Å². The molecule has 0 aromatic heterocycles. The minimum atomic E-state index is 0.514. The van der Waals surface area contributed by atoms with E-state index < -0.39 is 0 Å². The van der Waals surface area contributed by atoms with Crippen molar-refractivity contribution in [3.63, 3.8) is 0 Å². The van der Waals surface area contributed by atoms with Crippen LogP contribution in [-0.4, -0.2) is 6.04 Å². The normalized spacial score (nSPS) is 30.0. The third kappa shape index (κ3) is 6.36. The van der Waals surface area contributed by atoms with Crippen LogP contribution in [-0.2, 0) is 0 Å². The summed E-state index contributed by atoms with van der Waals surface area (Å²) in [5.74, 6) is 1.62. The molecule has 0 amide bonds. The molecule has 0 aromatic carbocycles. The summed E-state index contributed by atoms with van der Waals surface area (Å²) in [7, 11) is 0. The van der Waals surface area contributed by atoms with Crippen LogP contribution in [0, 0.1) is 11.8 Å². The molecule has 0 bridgehead atoms. The van der Waals surface area contributed by atoms with Gasteiger partial charge in [-0.25, -0.2) is 0 Å². The summed E-state index contributed by atoms with van der Waals surface area (Å²) in [6.07, 6.45) is 3.95. The van der Waals surface area contributed by atoms with Crippen LogP contribution in [0.1, 0.15) is 47.0 Å². The van der Waals surface area contributed by atoms with E-state index in [9.17, 15) is 0 Å². The summed E-state index contributed by atoms with van der Waals surface area (Å²) in [6, 6.07) is 0.514. The zero-order valence-electron chi connectivity index (χ0n) is 8.43. The van der Waals surface area contributed by atoms with Crippen LogP contribution in [0.3, 0.4) is 0 Å². The van der Waals surface area contributed by atoms with E-state index in [1.807, 2.05) is 0 Å². The van der Waals surface area contributed by atoms with E-state index in [1.165, 1.54) is 19.3 Å². The molecule has 1 saturated carbocycles. The Kier molecular flexibility index (Phi) is 5.57. The number of hydrogen-bond donors (Lipinski definition) is 1. The van der Waals surface area contributed by atoms with E-state index >= 15 is 0 Å². The van der Waals surface area contributed by atoms with Crippen LogP contribution < -0.4 is 5.73 Å². The predicted octanol–water partition coefficient (Wildman–Crippen LogP) is 2.80. The lowest BCUT2D eigenvalue weighted by molar-refractivity contribution is 0.527. The van der Waals surface area contributed by atoms with Crippen molar-refractivity contribution in [3.05, 3.63) is 0 Å². The maximum atomic E-state index is 5.68. The van der Waals surface area contributed by atoms with Crippen LogP contribution in [0.5, 0.6) is 0 Å². The van der Waals surface area contributed by atoms with E-state index in [4.69, 9.17) is 5.73 Å². The van der Waals surface area contributed by atoms with E-state index in [2.05, 4.69) is 27.7 Å². The van der Waals surface area contributed by atoms with Gasteiger partial charge in [0.25, 0.3) is 0 Å². The van der Waals surface area contributed by atoms with Crippen molar-refractivity contribution in [2.24, 2.45) is 17.6 Å². The molecular weight excluding hydrogens is 134 g/mol. The number of hydrogen-bond acceptors (Lipinski definition) is 1. The van der Waals surface area contributed by atoms with Crippen molar-refractivity contribution in [2.75, 3.05) is 0 Å². The van der Waals surface area contributed by atoms with Gasteiger partial charge < -0.3 is 5.73 Å². The third-order valence-corrected chi connectivity index (χ3v) is 1.93. The zero-order chi connectivity index (χ0) is 8.85. The summed E-state index contributed by atoms with van der Waals surface area (Å²) in [6.45, 7) is 8.73. The molecule has 0 spiro atoms. The van der Waals surface area contributed by atoms with E-state index in [1.54, 1.807) is 0 Å². The van der Waals surface area contributed by atoms with Gasteiger partial charge in [-0.1, -0.05) is 34.1 Å². The monoisotopic (exact) mass is 157 g/mol. The van der Waals surface area contributed by atoms with Gasteiger partial charge in [0.2, 0.25) is 0 Å². The molecule has 0 heterocycles. The Morgan fingerprint density at radius 2 is 1.64 bits per heavy atom. The second-order valence-electron chi connectivity index (χ2n) is 4.30. The molecule has 1 rings (SSSR count). The molecule has 0 aromatic rings. The number of rotatable bonds is 0. The Bertz CT molecular complexity index is 78.1. The first-order valence-electron chi connectivity index (χ1n) is 4.79. The fourth-order valence-corrected chi connectivity index (χ4v) is 1.17. The second-order valence-corrected chi connectivity index (χ2v) is 4.30. The summed E-state index contributed by atoms with van der Waals surface area (Å²) in [4.78, 5) is 0. The van der Waals surface area contributed by atoms with Gasteiger partial charge in [-0.2, -0.15) is 0 Å². The van der Waals surface area contributed by atoms with Crippen molar-refractivity contribution in [1.82, 2.24) is 0 Å². The maximum Gasteiger partial charge on any atom is 0.00645 e. The molecule has 2 atom stereocenters. The lowest BCUT2D eigenvalue weighted by Crippen LogP contribution is -2.21. The Morgan fingerprint density at radius 3 is 1.73 bits per heavy atom. The van der Waals surface area contributed by atoms with Gasteiger partial charge in [0, 0.05) is 6.04 Å². The first-order chi connectivity index (χ1) is 5.04. The molecule has 68 valence electrons. The minimum Gasteiger partial charge on any atom is -0.327 e. The van der Waals surface area contributed by atoms with Gasteiger partial charge in [-0.3, -0.25) is 0 Å². The highest BCUT2D eigenvalue weighted by atomic mass is 14.7. The molecule has 2 unspecified atom stereocenters. The van der Waals surface area contributed by atoms with Gasteiger partial charge in [-0.15, -0.1) is 0 Å². The highest BCUT2D eigenvalue weighted by Gasteiger charge is 2.18. The quantitative estimate of drug-likeness (QED) is 0.575. The Morgan fingerprint density at radius 1 is 1.18 bits per heavy atom. The summed E-state index contributed by atoms with van der Waals surface area (Å²) >= 11 is 0. The van der Waals surface area contributed by atoms with Gasteiger partial charge in [0.15, 0.2) is 0 Å². The fraction of sp³-hybridized carbons (Fsp3) is 1.00. The summed E-state index contributed by atoms with van der Waals surface area (Å²) in [5, 5.41) is 0. The smallest absolute Gasteiger partial charge is 0.00645 e.